The first-order valence-corrected chi connectivity index (χ1v) is 10.7. The third kappa shape index (κ3) is 3.25. The molecule has 2 amide bonds. The quantitative estimate of drug-likeness (QED) is 0.692. The Balaban J connectivity index is 1.19. The highest BCUT2D eigenvalue weighted by atomic mass is 16.5. The van der Waals surface area contributed by atoms with Crippen molar-refractivity contribution in [3.63, 3.8) is 0 Å². The second-order valence-corrected chi connectivity index (χ2v) is 8.50. The number of ether oxygens (including phenoxy) is 1. The topological polar surface area (TPSA) is 53.1 Å². The van der Waals surface area contributed by atoms with Crippen molar-refractivity contribution in [3.05, 3.63) is 59.7 Å². The van der Waals surface area contributed by atoms with E-state index in [1.807, 2.05) is 24.3 Å². The average molecular weight is 405 g/mol. The first-order valence-electron chi connectivity index (χ1n) is 10.7. The lowest BCUT2D eigenvalue weighted by Gasteiger charge is -2.34. The number of carbonyl (C=O) groups is 2. The standard InChI is InChI=1S/C24H27N3O3/c1-30-22-10-5-4-9-21(22)27-15-17-13-18(27)16-25(14-17)11-6-12-26-23(28)19-7-2-3-8-20(19)24(26)29/h2-5,7-10,17-18H,6,11-16H2,1H3. The van der Waals surface area contributed by atoms with Crippen LogP contribution in [0.5, 0.6) is 5.75 Å². The predicted octanol–water partition coefficient (Wildman–Crippen LogP) is 2.89. The molecule has 2 unspecified atom stereocenters. The molecular formula is C24H27N3O3. The Bertz CT molecular complexity index is 941. The minimum Gasteiger partial charge on any atom is -0.495 e. The van der Waals surface area contributed by atoms with Crippen LogP contribution in [0, 0.1) is 5.92 Å². The molecule has 30 heavy (non-hydrogen) atoms. The molecule has 6 heteroatoms. The van der Waals surface area contributed by atoms with E-state index in [9.17, 15) is 9.59 Å². The number of hydrogen-bond donors (Lipinski definition) is 0. The maximum Gasteiger partial charge on any atom is 0.261 e. The van der Waals surface area contributed by atoms with Crippen LogP contribution in [0.25, 0.3) is 0 Å². The molecule has 2 atom stereocenters. The number of anilines is 1. The van der Waals surface area contributed by atoms with Gasteiger partial charge < -0.3 is 14.5 Å². The number of hydrogen-bond acceptors (Lipinski definition) is 5. The van der Waals surface area contributed by atoms with E-state index in [0.717, 1.165) is 38.3 Å². The Kier molecular flexibility index (Phi) is 4.95. The Labute approximate surface area is 177 Å². The number of methoxy groups -OCH3 is 1. The summed E-state index contributed by atoms with van der Waals surface area (Å²) in [5.74, 6) is 1.27. The van der Waals surface area contributed by atoms with Crippen LogP contribution in [-0.2, 0) is 0 Å². The summed E-state index contributed by atoms with van der Waals surface area (Å²) in [5, 5.41) is 0. The number of para-hydroxylation sites is 2. The second-order valence-electron chi connectivity index (χ2n) is 8.50. The third-order valence-corrected chi connectivity index (χ3v) is 6.62. The number of nitrogens with zero attached hydrogens (tertiary/aromatic N) is 3. The van der Waals surface area contributed by atoms with Crippen molar-refractivity contribution < 1.29 is 14.3 Å². The van der Waals surface area contributed by atoms with E-state index in [1.165, 1.54) is 17.0 Å². The van der Waals surface area contributed by atoms with Crippen molar-refractivity contribution in [3.8, 4) is 5.75 Å². The molecule has 3 aliphatic rings. The largest absolute Gasteiger partial charge is 0.495 e. The molecule has 2 aromatic carbocycles. The molecule has 0 aliphatic carbocycles. The average Bonchev–Trinajstić information content (AvgIpc) is 3.21. The Hall–Kier alpha value is -2.86. The van der Waals surface area contributed by atoms with Gasteiger partial charge in [0.25, 0.3) is 11.8 Å². The normalized spacial score (nSPS) is 23.2. The molecule has 2 saturated heterocycles. The van der Waals surface area contributed by atoms with Gasteiger partial charge in [0, 0.05) is 32.2 Å². The number of piperidine rings is 1. The van der Waals surface area contributed by atoms with Gasteiger partial charge in [-0.15, -0.1) is 0 Å². The fourth-order valence-corrected chi connectivity index (χ4v) is 5.30. The van der Waals surface area contributed by atoms with E-state index in [4.69, 9.17) is 4.74 Å². The smallest absolute Gasteiger partial charge is 0.261 e. The van der Waals surface area contributed by atoms with Crippen LogP contribution in [0.15, 0.2) is 48.5 Å². The van der Waals surface area contributed by atoms with Gasteiger partial charge in [0.05, 0.1) is 23.9 Å². The highest BCUT2D eigenvalue weighted by Crippen LogP contribution is 2.38. The van der Waals surface area contributed by atoms with Crippen LogP contribution < -0.4 is 9.64 Å². The highest BCUT2D eigenvalue weighted by molar-refractivity contribution is 6.21. The molecule has 0 spiro atoms. The summed E-state index contributed by atoms with van der Waals surface area (Å²) < 4.78 is 5.58. The molecule has 0 saturated carbocycles. The zero-order valence-corrected chi connectivity index (χ0v) is 17.3. The molecule has 0 N–H and O–H groups in total. The van der Waals surface area contributed by atoms with Gasteiger partial charge in [-0.25, -0.2) is 0 Å². The minimum absolute atomic E-state index is 0.156. The highest BCUT2D eigenvalue weighted by Gasteiger charge is 2.39. The molecule has 0 radical (unpaired) electrons. The van der Waals surface area contributed by atoms with E-state index >= 15 is 0 Å². The molecule has 2 bridgehead atoms. The van der Waals surface area contributed by atoms with Crippen molar-refractivity contribution in [2.45, 2.75) is 18.9 Å². The molecule has 2 fully saturated rings. The fourth-order valence-electron chi connectivity index (χ4n) is 5.30. The van der Waals surface area contributed by atoms with Crippen molar-refractivity contribution in [2.24, 2.45) is 5.92 Å². The second kappa shape index (κ2) is 7.76. The van der Waals surface area contributed by atoms with Crippen molar-refractivity contribution in [1.29, 1.82) is 0 Å². The number of fused-ring (bicyclic) bond motifs is 3. The van der Waals surface area contributed by atoms with E-state index < -0.39 is 0 Å². The molecule has 0 aromatic heterocycles. The van der Waals surface area contributed by atoms with Crippen molar-refractivity contribution in [1.82, 2.24) is 9.80 Å². The first kappa shape index (κ1) is 19.1. The Morgan fingerprint density at radius 2 is 1.60 bits per heavy atom. The maximum absolute atomic E-state index is 12.5. The van der Waals surface area contributed by atoms with Gasteiger partial charge in [0.1, 0.15) is 5.75 Å². The van der Waals surface area contributed by atoms with Gasteiger partial charge >= 0.3 is 0 Å². The van der Waals surface area contributed by atoms with Crippen molar-refractivity contribution >= 4 is 17.5 Å². The summed E-state index contributed by atoms with van der Waals surface area (Å²) in [6.07, 6.45) is 2.02. The SMILES string of the molecule is COc1ccccc1N1CC2CC1CN(CCCN1C(=O)c3ccccc3C1=O)C2. The monoisotopic (exact) mass is 405 g/mol. The maximum atomic E-state index is 12.5. The molecule has 156 valence electrons. The molecule has 5 rings (SSSR count). The number of likely N-dealkylation sites (tertiary alicyclic amines) is 1. The summed E-state index contributed by atoms with van der Waals surface area (Å²) >= 11 is 0. The van der Waals surface area contributed by atoms with E-state index in [-0.39, 0.29) is 11.8 Å². The fraction of sp³-hybridized carbons (Fsp3) is 0.417. The molecule has 3 heterocycles. The van der Waals surface area contributed by atoms with Crippen LogP contribution in [0.4, 0.5) is 5.69 Å². The zero-order valence-electron chi connectivity index (χ0n) is 17.3. The number of amides is 2. The van der Waals surface area contributed by atoms with E-state index in [0.29, 0.717) is 29.6 Å². The van der Waals surface area contributed by atoms with Gasteiger partial charge in [-0.3, -0.25) is 14.5 Å². The van der Waals surface area contributed by atoms with Crippen LogP contribution in [-0.4, -0.2) is 67.5 Å². The predicted molar refractivity (Wildman–Crippen MR) is 115 cm³/mol. The number of carbonyl (C=O) groups excluding carboxylic acids is 2. The lowest BCUT2D eigenvalue weighted by molar-refractivity contribution is 0.0644. The van der Waals surface area contributed by atoms with Gasteiger partial charge in [-0.2, -0.15) is 0 Å². The molecule has 6 nitrogen and oxygen atoms in total. The van der Waals surface area contributed by atoms with Crippen LogP contribution >= 0.6 is 0 Å². The van der Waals surface area contributed by atoms with E-state index in [1.54, 1.807) is 19.2 Å². The number of rotatable bonds is 6. The lowest BCUT2D eigenvalue weighted by atomic mass is 10.00. The lowest BCUT2D eigenvalue weighted by Crippen LogP contribution is -2.43. The van der Waals surface area contributed by atoms with Crippen LogP contribution in [0.2, 0.25) is 0 Å². The summed E-state index contributed by atoms with van der Waals surface area (Å²) in [5.41, 5.74) is 2.25. The Morgan fingerprint density at radius 1 is 0.900 bits per heavy atom. The van der Waals surface area contributed by atoms with Gasteiger partial charge in [-0.05, 0) is 49.6 Å². The summed E-state index contributed by atoms with van der Waals surface area (Å²) in [7, 11) is 1.73. The summed E-state index contributed by atoms with van der Waals surface area (Å²) in [6.45, 7) is 4.52. The summed E-state index contributed by atoms with van der Waals surface area (Å²) in [6, 6.07) is 15.8. The van der Waals surface area contributed by atoms with E-state index in [2.05, 4.69) is 21.9 Å². The molecule has 3 aliphatic heterocycles. The Morgan fingerprint density at radius 3 is 2.33 bits per heavy atom. The van der Waals surface area contributed by atoms with Crippen molar-refractivity contribution in [2.75, 3.05) is 44.7 Å². The van der Waals surface area contributed by atoms with Crippen LogP contribution in [0.1, 0.15) is 33.6 Å². The van der Waals surface area contributed by atoms with Gasteiger partial charge in [-0.1, -0.05) is 24.3 Å². The number of benzene rings is 2. The van der Waals surface area contributed by atoms with Gasteiger partial charge in [0.2, 0.25) is 0 Å². The first-order chi connectivity index (χ1) is 14.7. The zero-order chi connectivity index (χ0) is 20.7. The molecular weight excluding hydrogens is 378 g/mol. The number of imide groups is 1. The van der Waals surface area contributed by atoms with Crippen LogP contribution in [0.3, 0.4) is 0 Å². The third-order valence-electron chi connectivity index (χ3n) is 6.62. The minimum atomic E-state index is -0.156. The molecule has 2 aromatic rings. The van der Waals surface area contributed by atoms with Gasteiger partial charge in [0.15, 0.2) is 0 Å². The summed E-state index contributed by atoms with van der Waals surface area (Å²) in [4.78, 5) is 31.5.